The van der Waals surface area contributed by atoms with Crippen LogP contribution in [0.5, 0.6) is 11.5 Å². The maximum absolute atomic E-state index is 13.6. The Balaban J connectivity index is 1.26. The van der Waals surface area contributed by atoms with E-state index in [2.05, 4.69) is 57.0 Å². The molecule has 1 heterocycles. The lowest BCUT2D eigenvalue weighted by Crippen LogP contribution is -2.34. The van der Waals surface area contributed by atoms with Gasteiger partial charge in [0.2, 0.25) is 5.91 Å². The molecule has 1 aliphatic carbocycles. The standard InChI is InChI=1S/C40H45BrN4O4/c1-4-10-28-20-34-39(35(46)21-28)38(32(24-42)26(3)44-34)30-22-33(41)40(36(23-30)48-5-2)49-25-29-13-9-14-31(19-29)45-37(47)16-18-43-17-15-27-11-7-6-8-12-27/h6-9,11-14,19,22-23,28,38,43-44H,4-5,10,15-18,20-21,25H2,1-3H3,(H,45,47). The molecule has 2 aliphatic rings. The number of allylic oxidation sites excluding steroid dienone is 4. The molecule has 5 rings (SSSR count). The van der Waals surface area contributed by atoms with Gasteiger partial charge in [0.25, 0.3) is 0 Å². The molecule has 0 fully saturated rings. The fraction of sp³-hybridized carbons (Fsp3) is 0.375. The number of amides is 1. The molecular formula is C40H45BrN4O4. The largest absolute Gasteiger partial charge is 0.490 e. The zero-order valence-corrected chi connectivity index (χ0v) is 30.1. The molecule has 0 saturated heterocycles. The number of nitrogens with zero attached hydrogens (tertiary/aromatic N) is 1. The summed E-state index contributed by atoms with van der Waals surface area (Å²) in [6.07, 6.45) is 4.61. The minimum absolute atomic E-state index is 0.0585. The second-order valence-corrected chi connectivity index (χ2v) is 13.5. The summed E-state index contributed by atoms with van der Waals surface area (Å²) in [5, 5.41) is 19.9. The lowest BCUT2D eigenvalue weighted by molar-refractivity contribution is -0.117. The number of anilines is 1. The second kappa shape index (κ2) is 17.3. The highest BCUT2D eigenvalue weighted by Crippen LogP contribution is 2.47. The Labute approximate surface area is 298 Å². The van der Waals surface area contributed by atoms with Crippen LogP contribution in [0.2, 0.25) is 0 Å². The predicted molar refractivity (Wildman–Crippen MR) is 196 cm³/mol. The minimum Gasteiger partial charge on any atom is -0.490 e. The van der Waals surface area contributed by atoms with Crippen molar-refractivity contribution in [2.24, 2.45) is 5.92 Å². The van der Waals surface area contributed by atoms with Crippen LogP contribution in [-0.4, -0.2) is 31.4 Å². The molecule has 2 unspecified atom stereocenters. The number of benzene rings is 3. The van der Waals surface area contributed by atoms with E-state index in [4.69, 9.17) is 9.47 Å². The average molecular weight is 726 g/mol. The van der Waals surface area contributed by atoms with E-state index in [1.54, 1.807) is 0 Å². The number of carbonyl (C=O) groups is 2. The summed E-state index contributed by atoms with van der Waals surface area (Å²) in [6, 6.07) is 24.1. The number of rotatable bonds is 15. The smallest absolute Gasteiger partial charge is 0.225 e. The Morgan fingerprint density at radius 3 is 2.57 bits per heavy atom. The van der Waals surface area contributed by atoms with Gasteiger partial charge in [0, 0.05) is 42.0 Å². The van der Waals surface area contributed by atoms with Crippen LogP contribution in [0.15, 0.2) is 93.7 Å². The maximum atomic E-state index is 13.6. The van der Waals surface area contributed by atoms with Gasteiger partial charge in [-0.25, -0.2) is 0 Å². The Morgan fingerprint density at radius 1 is 1.02 bits per heavy atom. The van der Waals surface area contributed by atoms with Crippen molar-refractivity contribution < 1.29 is 19.1 Å². The van der Waals surface area contributed by atoms with E-state index in [-0.39, 0.29) is 18.3 Å². The highest BCUT2D eigenvalue weighted by atomic mass is 79.9. The van der Waals surface area contributed by atoms with E-state index in [0.717, 1.165) is 54.7 Å². The van der Waals surface area contributed by atoms with Crippen molar-refractivity contribution in [3.8, 4) is 17.6 Å². The van der Waals surface area contributed by atoms with Crippen molar-refractivity contribution in [3.05, 3.63) is 110 Å². The van der Waals surface area contributed by atoms with Gasteiger partial charge < -0.3 is 25.4 Å². The number of carbonyl (C=O) groups excluding carboxylic acids is 2. The summed E-state index contributed by atoms with van der Waals surface area (Å²) < 4.78 is 13.1. The van der Waals surface area contributed by atoms with Gasteiger partial charge in [-0.05, 0) is 102 Å². The van der Waals surface area contributed by atoms with Crippen LogP contribution in [-0.2, 0) is 22.6 Å². The average Bonchev–Trinajstić information content (AvgIpc) is 3.08. The summed E-state index contributed by atoms with van der Waals surface area (Å²) >= 11 is 3.71. The van der Waals surface area contributed by atoms with Gasteiger partial charge >= 0.3 is 0 Å². The lowest BCUT2D eigenvalue weighted by Gasteiger charge is -2.35. The number of dihydropyridines is 1. The fourth-order valence-electron chi connectivity index (χ4n) is 6.69. The van der Waals surface area contributed by atoms with Crippen LogP contribution in [0, 0.1) is 17.2 Å². The normalized spacial score (nSPS) is 17.2. The number of ketones is 1. The van der Waals surface area contributed by atoms with Gasteiger partial charge in [-0.3, -0.25) is 9.59 Å². The number of ether oxygens (including phenoxy) is 2. The molecule has 9 heteroatoms. The monoisotopic (exact) mass is 724 g/mol. The second-order valence-electron chi connectivity index (χ2n) is 12.6. The molecule has 0 saturated carbocycles. The predicted octanol–water partition coefficient (Wildman–Crippen LogP) is 8.11. The van der Waals surface area contributed by atoms with E-state index < -0.39 is 5.92 Å². The molecule has 8 nitrogen and oxygen atoms in total. The van der Waals surface area contributed by atoms with Crippen molar-refractivity contribution in [1.82, 2.24) is 10.6 Å². The Morgan fingerprint density at radius 2 is 1.82 bits per heavy atom. The van der Waals surface area contributed by atoms with Crippen molar-refractivity contribution in [1.29, 1.82) is 5.26 Å². The van der Waals surface area contributed by atoms with Gasteiger partial charge in [0.05, 0.1) is 28.6 Å². The third-order valence-electron chi connectivity index (χ3n) is 8.95. The van der Waals surface area contributed by atoms with E-state index in [9.17, 15) is 14.9 Å². The molecule has 2 atom stereocenters. The van der Waals surface area contributed by atoms with Crippen molar-refractivity contribution in [3.63, 3.8) is 0 Å². The topological polar surface area (TPSA) is 112 Å². The van der Waals surface area contributed by atoms with Gasteiger partial charge in [0.15, 0.2) is 17.3 Å². The summed E-state index contributed by atoms with van der Waals surface area (Å²) in [7, 11) is 0. The summed E-state index contributed by atoms with van der Waals surface area (Å²) in [6.45, 7) is 8.01. The SMILES string of the molecule is CCCC1CC(=O)C2=C(C1)NC(C)=C(C#N)C2c1cc(Br)c(OCc2cccc(NC(=O)CCNCCc3ccccc3)c2)c(OCC)c1. The molecule has 3 aromatic carbocycles. The molecule has 49 heavy (non-hydrogen) atoms. The maximum Gasteiger partial charge on any atom is 0.225 e. The van der Waals surface area contributed by atoms with Crippen LogP contribution in [0.25, 0.3) is 0 Å². The molecule has 3 N–H and O–H groups in total. The molecule has 0 radical (unpaired) electrons. The van der Waals surface area contributed by atoms with Crippen molar-refractivity contribution >= 4 is 33.3 Å². The molecule has 1 amide bonds. The third-order valence-corrected chi connectivity index (χ3v) is 9.54. The van der Waals surface area contributed by atoms with Crippen molar-refractivity contribution in [2.45, 2.75) is 71.8 Å². The molecular weight excluding hydrogens is 680 g/mol. The number of Topliss-reactive ketones (excluding diaryl/α,β-unsaturated/α-hetero) is 1. The Hall–Kier alpha value is -4.39. The van der Waals surface area contributed by atoms with Gasteiger partial charge in [0.1, 0.15) is 6.61 Å². The summed E-state index contributed by atoms with van der Waals surface area (Å²) in [4.78, 5) is 26.2. The summed E-state index contributed by atoms with van der Waals surface area (Å²) in [5.41, 5.74) is 6.57. The molecule has 256 valence electrons. The zero-order valence-electron chi connectivity index (χ0n) is 28.5. The van der Waals surface area contributed by atoms with Crippen molar-refractivity contribution in [2.75, 3.05) is 25.0 Å². The van der Waals surface area contributed by atoms with Gasteiger partial charge in [-0.1, -0.05) is 55.8 Å². The first kappa shape index (κ1) is 35.9. The highest BCUT2D eigenvalue weighted by Gasteiger charge is 2.39. The first-order chi connectivity index (χ1) is 23.8. The summed E-state index contributed by atoms with van der Waals surface area (Å²) in [5.74, 6) is 0.914. The zero-order chi connectivity index (χ0) is 34.8. The van der Waals surface area contributed by atoms with Crippen LogP contribution < -0.4 is 25.4 Å². The third kappa shape index (κ3) is 9.20. The Bertz CT molecular complexity index is 1760. The quantitative estimate of drug-likeness (QED) is 0.136. The van der Waals surface area contributed by atoms with Crippen LogP contribution in [0.4, 0.5) is 5.69 Å². The number of halogens is 1. The van der Waals surface area contributed by atoms with E-state index >= 15 is 0 Å². The first-order valence-corrected chi connectivity index (χ1v) is 18.0. The molecule has 0 bridgehead atoms. The highest BCUT2D eigenvalue weighted by molar-refractivity contribution is 9.10. The van der Waals surface area contributed by atoms with E-state index in [0.29, 0.717) is 64.7 Å². The minimum atomic E-state index is -0.486. The van der Waals surface area contributed by atoms with Crippen LogP contribution in [0.3, 0.4) is 0 Å². The number of nitriles is 1. The van der Waals surface area contributed by atoms with E-state index in [1.165, 1.54) is 5.56 Å². The van der Waals surface area contributed by atoms with Crippen LogP contribution in [0.1, 0.15) is 75.5 Å². The Kier molecular flexibility index (Phi) is 12.7. The van der Waals surface area contributed by atoms with Gasteiger partial charge in [-0.15, -0.1) is 0 Å². The molecule has 0 spiro atoms. The first-order valence-electron chi connectivity index (χ1n) is 17.2. The van der Waals surface area contributed by atoms with E-state index in [1.807, 2.05) is 68.4 Å². The number of nitrogens with one attached hydrogen (secondary N) is 3. The molecule has 3 aromatic rings. The fourth-order valence-corrected chi connectivity index (χ4v) is 7.27. The van der Waals surface area contributed by atoms with Crippen LogP contribution >= 0.6 is 15.9 Å². The number of hydrogen-bond donors (Lipinski definition) is 3. The molecule has 0 aromatic heterocycles. The lowest BCUT2D eigenvalue weighted by atomic mass is 9.72. The van der Waals surface area contributed by atoms with Gasteiger partial charge in [-0.2, -0.15) is 5.26 Å². The number of hydrogen-bond acceptors (Lipinski definition) is 7. The molecule has 1 aliphatic heterocycles.